The van der Waals surface area contributed by atoms with Gasteiger partial charge in [-0.15, -0.1) is 0 Å². The molecule has 0 radical (unpaired) electrons. The number of aromatic nitrogens is 1. The van der Waals surface area contributed by atoms with Crippen LogP contribution < -0.4 is 10.6 Å². The van der Waals surface area contributed by atoms with Crippen molar-refractivity contribution in [3.8, 4) is 6.07 Å². The van der Waals surface area contributed by atoms with Gasteiger partial charge in [0.1, 0.15) is 16.9 Å². The van der Waals surface area contributed by atoms with Gasteiger partial charge in [-0.2, -0.15) is 5.26 Å². The van der Waals surface area contributed by atoms with Crippen LogP contribution in [-0.4, -0.2) is 24.1 Å². The van der Waals surface area contributed by atoms with Gasteiger partial charge >= 0.3 is 0 Å². The summed E-state index contributed by atoms with van der Waals surface area (Å²) in [7, 11) is 0. The Bertz CT molecular complexity index is 407. The van der Waals surface area contributed by atoms with Crippen LogP contribution in [0.1, 0.15) is 18.4 Å². The first kappa shape index (κ1) is 11.2. The van der Waals surface area contributed by atoms with Gasteiger partial charge in [0.2, 0.25) is 0 Å². The van der Waals surface area contributed by atoms with Crippen LogP contribution in [0.4, 0.5) is 5.82 Å². The van der Waals surface area contributed by atoms with Crippen LogP contribution >= 0.6 is 11.6 Å². The molecule has 0 spiro atoms. The molecule has 1 aromatic rings. The number of nitriles is 1. The molecule has 0 aliphatic carbocycles. The lowest BCUT2D eigenvalue weighted by atomic mass is 10.2. The Morgan fingerprint density at radius 3 is 3.25 bits per heavy atom. The SMILES string of the molecule is N#Cc1ccnc(NCC2CCCN2)c1Cl. The van der Waals surface area contributed by atoms with E-state index >= 15 is 0 Å². The third kappa shape index (κ3) is 2.43. The van der Waals surface area contributed by atoms with Crippen molar-refractivity contribution in [2.75, 3.05) is 18.4 Å². The summed E-state index contributed by atoms with van der Waals surface area (Å²) in [4.78, 5) is 4.13. The first-order valence-electron chi connectivity index (χ1n) is 5.33. The maximum absolute atomic E-state index is 8.82. The number of nitrogens with zero attached hydrogens (tertiary/aromatic N) is 2. The maximum atomic E-state index is 8.82. The predicted octanol–water partition coefficient (Wildman–Crippen LogP) is 1.77. The summed E-state index contributed by atoms with van der Waals surface area (Å²) in [5, 5.41) is 15.8. The Balaban J connectivity index is 2.01. The molecule has 1 atom stereocenters. The lowest BCUT2D eigenvalue weighted by Crippen LogP contribution is -2.29. The molecule has 2 N–H and O–H groups in total. The Hall–Kier alpha value is -1.31. The van der Waals surface area contributed by atoms with Crippen LogP contribution in [-0.2, 0) is 0 Å². The fourth-order valence-corrected chi connectivity index (χ4v) is 2.03. The minimum absolute atomic E-state index is 0.406. The van der Waals surface area contributed by atoms with Gasteiger partial charge < -0.3 is 10.6 Å². The molecule has 1 saturated heterocycles. The largest absolute Gasteiger partial charge is 0.367 e. The molecule has 0 saturated carbocycles. The van der Waals surface area contributed by atoms with Gasteiger partial charge in [-0.3, -0.25) is 0 Å². The van der Waals surface area contributed by atoms with E-state index in [1.807, 2.05) is 6.07 Å². The van der Waals surface area contributed by atoms with Crippen molar-refractivity contribution < 1.29 is 0 Å². The molecule has 1 fully saturated rings. The predicted molar refractivity (Wildman–Crippen MR) is 63.5 cm³/mol. The molecule has 1 aliphatic heterocycles. The van der Waals surface area contributed by atoms with Gasteiger partial charge in [-0.1, -0.05) is 11.6 Å². The number of hydrogen-bond donors (Lipinski definition) is 2. The van der Waals surface area contributed by atoms with Gasteiger partial charge in [0.25, 0.3) is 0 Å². The Labute approximate surface area is 99.6 Å². The Morgan fingerprint density at radius 2 is 2.56 bits per heavy atom. The standard InChI is InChI=1S/C11H13ClN4/c12-10-8(6-13)3-5-15-11(10)16-7-9-2-1-4-14-9/h3,5,9,14H,1-2,4,7H2,(H,15,16). The van der Waals surface area contributed by atoms with Gasteiger partial charge in [0.05, 0.1) is 5.56 Å². The fraction of sp³-hybridized carbons (Fsp3) is 0.455. The average molecular weight is 237 g/mol. The average Bonchev–Trinajstić information content (AvgIpc) is 2.81. The van der Waals surface area contributed by atoms with Crippen LogP contribution in [0.15, 0.2) is 12.3 Å². The fourth-order valence-electron chi connectivity index (χ4n) is 1.80. The molecule has 2 heterocycles. The van der Waals surface area contributed by atoms with Crippen LogP contribution in [0.2, 0.25) is 5.02 Å². The van der Waals surface area contributed by atoms with Crippen molar-refractivity contribution in [1.29, 1.82) is 5.26 Å². The lowest BCUT2D eigenvalue weighted by Gasteiger charge is -2.12. The van der Waals surface area contributed by atoms with Crippen molar-refractivity contribution in [1.82, 2.24) is 10.3 Å². The second-order valence-corrected chi connectivity index (χ2v) is 4.19. The monoisotopic (exact) mass is 236 g/mol. The minimum atomic E-state index is 0.406. The van der Waals surface area contributed by atoms with Gasteiger partial charge in [0, 0.05) is 18.8 Å². The molecule has 4 nitrogen and oxygen atoms in total. The quantitative estimate of drug-likeness (QED) is 0.840. The number of pyridine rings is 1. The Morgan fingerprint density at radius 1 is 1.69 bits per heavy atom. The number of nitrogens with one attached hydrogen (secondary N) is 2. The second-order valence-electron chi connectivity index (χ2n) is 3.81. The third-order valence-corrected chi connectivity index (χ3v) is 3.07. The molecule has 0 aromatic carbocycles. The van der Waals surface area contributed by atoms with E-state index in [9.17, 15) is 0 Å². The summed E-state index contributed by atoms with van der Waals surface area (Å²) in [6.45, 7) is 1.87. The molecule has 0 amide bonds. The van der Waals surface area contributed by atoms with Crippen molar-refractivity contribution in [3.63, 3.8) is 0 Å². The van der Waals surface area contributed by atoms with Crippen LogP contribution in [0.25, 0.3) is 0 Å². The molecule has 5 heteroatoms. The molecule has 1 unspecified atom stereocenters. The number of anilines is 1. The summed E-state index contributed by atoms with van der Waals surface area (Å²) < 4.78 is 0. The van der Waals surface area contributed by atoms with Crippen molar-refractivity contribution in [2.45, 2.75) is 18.9 Å². The van der Waals surface area contributed by atoms with E-state index in [0.717, 1.165) is 13.1 Å². The zero-order chi connectivity index (χ0) is 11.4. The van der Waals surface area contributed by atoms with Crippen molar-refractivity contribution in [3.05, 3.63) is 22.8 Å². The van der Waals surface area contributed by atoms with Gasteiger partial charge in [0.15, 0.2) is 0 Å². The molecule has 1 aliphatic rings. The van der Waals surface area contributed by atoms with E-state index in [1.165, 1.54) is 12.8 Å². The summed E-state index contributed by atoms with van der Waals surface area (Å²) in [5.74, 6) is 0.592. The summed E-state index contributed by atoms with van der Waals surface area (Å²) in [6.07, 6.45) is 3.98. The smallest absolute Gasteiger partial charge is 0.146 e. The summed E-state index contributed by atoms with van der Waals surface area (Å²) in [6, 6.07) is 4.12. The first-order valence-corrected chi connectivity index (χ1v) is 5.71. The van der Waals surface area contributed by atoms with E-state index in [1.54, 1.807) is 12.3 Å². The highest BCUT2D eigenvalue weighted by molar-refractivity contribution is 6.34. The van der Waals surface area contributed by atoms with E-state index < -0.39 is 0 Å². The van der Waals surface area contributed by atoms with E-state index in [2.05, 4.69) is 15.6 Å². The maximum Gasteiger partial charge on any atom is 0.146 e. The zero-order valence-electron chi connectivity index (χ0n) is 8.83. The van der Waals surface area contributed by atoms with Crippen molar-refractivity contribution in [2.24, 2.45) is 0 Å². The molecule has 16 heavy (non-hydrogen) atoms. The molecular weight excluding hydrogens is 224 g/mol. The highest BCUT2D eigenvalue weighted by Crippen LogP contribution is 2.22. The number of rotatable bonds is 3. The third-order valence-electron chi connectivity index (χ3n) is 2.69. The van der Waals surface area contributed by atoms with Gasteiger partial charge in [-0.05, 0) is 25.5 Å². The zero-order valence-corrected chi connectivity index (χ0v) is 9.59. The molecule has 0 bridgehead atoms. The molecular formula is C11H13ClN4. The van der Waals surface area contributed by atoms with Crippen LogP contribution in [0, 0.1) is 11.3 Å². The molecule has 2 rings (SSSR count). The molecule has 1 aromatic heterocycles. The lowest BCUT2D eigenvalue weighted by molar-refractivity contribution is 0.632. The normalized spacial score (nSPS) is 19.4. The van der Waals surface area contributed by atoms with Crippen molar-refractivity contribution >= 4 is 17.4 Å². The van der Waals surface area contributed by atoms with Gasteiger partial charge in [-0.25, -0.2) is 4.98 Å². The number of halogens is 1. The topological polar surface area (TPSA) is 60.7 Å². The first-order chi connectivity index (χ1) is 7.81. The van der Waals surface area contributed by atoms with E-state index in [0.29, 0.717) is 22.4 Å². The van der Waals surface area contributed by atoms with Crippen LogP contribution in [0.3, 0.4) is 0 Å². The number of hydrogen-bond acceptors (Lipinski definition) is 4. The second kappa shape index (κ2) is 5.15. The van der Waals surface area contributed by atoms with E-state index in [-0.39, 0.29) is 0 Å². The minimum Gasteiger partial charge on any atom is -0.367 e. The summed E-state index contributed by atoms with van der Waals surface area (Å²) >= 11 is 6.03. The van der Waals surface area contributed by atoms with E-state index in [4.69, 9.17) is 16.9 Å². The highest BCUT2D eigenvalue weighted by Gasteiger charge is 2.14. The molecule has 84 valence electrons. The highest BCUT2D eigenvalue weighted by atomic mass is 35.5. The van der Waals surface area contributed by atoms with Crippen LogP contribution in [0.5, 0.6) is 0 Å². The Kier molecular flexibility index (Phi) is 3.60. The summed E-state index contributed by atoms with van der Waals surface area (Å²) in [5.41, 5.74) is 0.457.